The molecule has 0 aliphatic carbocycles. The Morgan fingerprint density at radius 2 is 1.80 bits per heavy atom. The standard InChI is InChI=1S/C17H17BrFN/c18-16-10-13(6-7-17(16)19)14-8-9-20-11-15(14)12-4-2-1-3-5-12/h1-7,10,14-15,20H,8-9,11H2. The maximum Gasteiger partial charge on any atom is 0.137 e. The van der Waals surface area contributed by atoms with Crippen LogP contribution < -0.4 is 5.32 Å². The number of nitrogens with one attached hydrogen (secondary N) is 1. The summed E-state index contributed by atoms with van der Waals surface area (Å²) in [5.41, 5.74) is 2.57. The number of benzene rings is 2. The van der Waals surface area contributed by atoms with Gasteiger partial charge in [-0.05, 0) is 58.1 Å². The molecule has 1 heterocycles. The summed E-state index contributed by atoms with van der Waals surface area (Å²) < 4.78 is 14.0. The Bertz CT molecular complexity index is 585. The van der Waals surface area contributed by atoms with Crippen LogP contribution in [0.4, 0.5) is 4.39 Å². The minimum absolute atomic E-state index is 0.195. The average molecular weight is 334 g/mol. The first kappa shape index (κ1) is 13.8. The van der Waals surface area contributed by atoms with E-state index >= 15 is 0 Å². The monoisotopic (exact) mass is 333 g/mol. The van der Waals surface area contributed by atoms with E-state index in [2.05, 4.69) is 45.5 Å². The van der Waals surface area contributed by atoms with Crippen LogP contribution in [-0.4, -0.2) is 13.1 Å². The van der Waals surface area contributed by atoms with Gasteiger partial charge in [0.05, 0.1) is 4.47 Å². The maximum atomic E-state index is 13.4. The zero-order valence-electron chi connectivity index (χ0n) is 11.2. The van der Waals surface area contributed by atoms with Crippen LogP contribution in [0.2, 0.25) is 0 Å². The summed E-state index contributed by atoms with van der Waals surface area (Å²) in [5, 5.41) is 3.47. The smallest absolute Gasteiger partial charge is 0.137 e. The van der Waals surface area contributed by atoms with Gasteiger partial charge in [-0.15, -0.1) is 0 Å². The van der Waals surface area contributed by atoms with Gasteiger partial charge in [0.2, 0.25) is 0 Å². The quantitative estimate of drug-likeness (QED) is 0.856. The lowest BCUT2D eigenvalue weighted by molar-refractivity contribution is 0.403. The van der Waals surface area contributed by atoms with Crippen molar-refractivity contribution in [3.63, 3.8) is 0 Å². The fourth-order valence-electron chi connectivity index (χ4n) is 3.05. The molecule has 0 amide bonds. The molecule has 20 heavy (non-hydrogen) atoms. The van der Waals surface area contributed by atoms with Gasteiger partial charge in [0, 0.05) is 12.5 Å². The molecule has 1 saturated heterocycles. The first-order valence-corrected chi connectivity index (χ1v) is 7.75. The molecule has 0 radical (unpaired) electrons. The van der Waals surface area contributed by atoms with E-state index in [1.807, 2.05) is 18.2 Å². The molecule has 3 heteroatoms. The molecule has 104 valence electrons. The molecule has 2 unspecified atom stereocenters. The zero-order valence-corrected chi connectivity index (χ0v) is 12.7. The summed E-state index contributed by atoms with van der Waals surface area (Å²) in [4.78, 5) is 0. The van der Waals surface area contributed by atoms with E-state index in [1.54, 1.807) is 6.07 Å². The Hall–Kier alpha value is -1.19. The van der Waals surface area contributed by atoms with E-state index in [-0.39, 0.29) is 5.82 Å². The minimum Gasteiger partial charge on any atom is -0.316 e. The van der Waals surface area contributed by atoms with Crippen LogP contribution in [0.3, 0.4) is 0 Å². The second-order valence-corrected chi connectivity index (χ2v) is 6.14. The Morgan fingerprint density at radius 3 is 2.55 bits per heavy atom. The second kappa shape index (κ2) is 6.06. The number of hydrogen-bond acceptors (Lipinski definition) is 1. The first-order valence-electron chi connectivity index (χ1n) is 6.96. The second-order valence-electron chi connectivity index (χ2n) is 5.29. The van der Waals surface area contributed by atoms with E-state index in [4.69, 9.17) is 0 Å². The van der Waals surface area contributed by atoms with Crippen molar-refractivity contribution in [1.29, 1.82) is 0 Å². The fourth-order valence-corrected chi connectivity index (χ4v) is 3.45. The van der Waals surface area contributed by atoms with E-state index in [1.165, 1.54) is 11.1 Å². The van der Waals surface area contributed by atoms with E-state index < -0.39 is 0 Å². The fraction of sp³-hybridized carbons (Fsp3) is 0.294. The largest absolute Gasteiger partial charge is 0.316 e. The molecule has 1 fully saturated rings. The van der Waals surface area contributed by atoms with Crippen molar-refractivity contribution in [3.8, 4) is 0 Å². The van der Waals surface area contributed by atoms with Crippen LogP contribution in [0.25, 0.3) is 0 Å². The van der Waals surface area contributed by atoms with Crippen molar-refractivity contribution < 1.29 is 4.39 Å². The predicted octanol–water partition coefficient (Wildman–Crippen LogP) is 4.45. The van der Waals surface area contributed by atoms with E-state index in [9.17, 15) is 4.39 Å². The lowest BCUT2D eigenvalue weighted by Crippen LogP contribution is -2.34. The van der Waals surface area contributed by atoms with Crippen LogP contribution in [0.1, 0.15) is 29.4 Å². The summed E-state index contributed by atoms with van der Waals surface area (Å²) in [7, 11) is 0. The van der Waals surface area contributed by atoms with Gasteiger partial charge in [-0.3, -0.25) is 0 Å². The molecule has 2 atom stereocenters. The van der Waals surface area contributed by atoms with Crippen LogP contribution in [0, 0.1) is 5.82 Å². The van der Waals surface area contributed by atoms with Gasteiger partial charge in [-0.1, -0.05) is 36.4 Å². The molecule has 0 bridgehead atoms. The van der Waals surface area contributed by atoms with Crippen molar-refractivity contribution in [1.82, 2.24) is 5.32 Å². The number of piperidine rings is 1. The molecule has 3 rings (SSSR count). The Morgan fingerprint density at radius 1 is 1.00 bits per heavy atom. The summed E-state index contributed by atoms with van der Waals surface area (Å²) in [6.07, 6.45) is 1.08. The van der Waals surface area contributed by atoms with E-state index in [0.717, 1.165) is 19.5 Å². The SMILES string of the molecule is Fc1ccc(C2CCNCC2c2ccccc2)cc1Br. The molecule has 1 nitrogen and oxygen atoms in total. The number of rotatable bonds is 2. The predicted molar refractivity (Wildman–Crippen MR) is 83.5 cm³/mol. The highest BCUT2D eigenvalue weighted by Gasteiger charge is 2.27. The Balaban J connectivity index is 1.94. The van der Waals surface area contributed by atoms with Crippen LogP contribution in [-0.2, 0) is 0 Å². The van der Waals surface area contributed by atoms with Gasteiger partial charge in [0.25, 0.3) is 0 Å². The van der Waals surface area contributed by atoms with Gasteiger partial charge in [0.15, 0.2) is 0 Å². The zero-order chi connectivity index (χ0) is 13.9. The highest BCUT2D eigenvalue weighted by molar-refractivity contribution is 9.10. The molecule has 1 aliphatic rings. The first-order chi connectivity index (χ1) is 9.75. The molecule has 2 aromatic rings. The van der Waals surface area contributed by atoms with Crippen LogP contribution in [0.15, 0.2) is 53.0 Å². The lowest BCUT2D eigenvalue weighted by atomic mass is 9.77. The summed E-state index contributed by atoms with van der Waals surface area (Å²) in [6, 6.07) is 16.0. The van der Waals surface area contributed by atoms with E-state index in [0.29, 0.717) is 16.3 Å². The van der Waals surface area contributed by atoms with Gasteiger partial charge in [0.1, 0.15) is 5.82 Å². The molecular formula is C17H17BrFN. The molecule has 0 saturated carbocycles. The molecule has 0 aromatic heterocycles. The number of hydrogen-bond donors (Lipinski definition) is 1. The Kier molecular flexibility index (Phi) is 4.18. The third kappa shape index (κ3) is 2.79. The van der Waals surface area contributed by atoms with Gasteiger partial charge >= 0.3 is 0 Å². The van der Waals surface area contributed by atoms with Crippen molar-refractivity contribution >= 4 is 15.9 Å². The van der Waals surface area contributed by atoms with Gasteiger partial charge < -0.3 is 5.32 Å². The molecule has 1 aliphatic heterocycles. The van der Waals surface area contributed by atoms with Gasteiger partial charge in [-0.25, -0.2) is 4.39 Å². The lowest BCUT2D eigenvalue weighted by Gasteiger charge is -2.33. The van der Waals surface area contributed by atoms with Gasteiger partial charge in [-0.2, -0.15) is 0 Å². The normalized spacial score (nSPS) is 22.7. The summed E-state index contributed by atoms with van der Waals surface area (Å²) in [6.45, 7) is 1.99. The Labute approximate surface area is 127 Å². The topological polar surface area (TPSA) is 12.0 Å². The third-order valence-corrected chi connectivity index (χ3v) is 4.69. The van der Waals surface area contributed by atoms with Crippen molar-refractivity contribution in [2.45, 2.75) is 18.3 Å². The third-order valence-electron chi connectivity index (χ3n) is 4.08. The minimum atomic E-state index is -0.195. The average Bonchev–Trinajstić information content (AvgIpc) is 2.51. The van der Waals surface area contributed by atoms with Crippen LogP contribution in [0.5, 0.6) is 0 Å². The summed E-state index contributed by atoms with van der Waals surface area (Å²) >= 11 is 3.30. The maximum absolute atomic E-state index is 13.4. The summed E-state index contributed by atoms with van der Waals surface area (Å²) in [5.74, 6) is 0.691. The number of halogens is 2. The van der Waals surface area contributed by atoms with Crippen molar-refractivity contribution in [2.75, 3.05) is 13.1 Å². The highest BCUT2D eigenvalue weighted by Crippen LogP contribution is 2.38. The van der Waals surface area contributed by atoms with Crippen LogP contribution >= 0.6 is 15.9 Å². The molecule has 0 spiro atoms. The molecular weight excluding hydrogens is 317 g/mol. The molecule has 1 N–H and O–H groups in total. The highest BCUT2D eigenvalue weighted by atomic mass is 79.9. The van der Waals surface area contributed by atoms with Crippen molar-refractivity contribution in [3.05, 3.63) is 69.9 Å². The van der Waals surface area contributed by atoms with Crippen molar-refractivity contribution in [2.24, 2.45) is 0 Å². The molecule has 2 aromatic carbocycles.